The van der Waals surface area contributed by atoms with Gasteiger partial charge in [0.25, 0.3) is 5.78 Å². The molecule has 0 bridgehead atoms. The second kappa shape index (κ2) is 4.44. The third-order valence-electron chi connectivity index (χ3n) is 2.72. The molecule has 2 heterocycles. The first-order valence-corrected chi connectivity index (χ1v) is 6.00. The molecule has 0 aliphatic rings. The van der Waals surface area contributed by atoms with Gasteiger partial charge in [0.2, 0.25) is 0 Å². The van der Waals surface area contributed by atoms with Gasteiger partial charge in [-0.15, -0.1) is 0 Å². The predicted octanol–water partition coefficient (Wildman–Crippen LogP) is 1.76. The van der Waals surface area contributed by atoms with E-state index in [9.17, 15) is 0 Å². The van der Waals surface area contributed by atoms with Crippen molar-refractivity contribution in [3.8, 4) is 0 Å². The van der Waals surface area contributed by atoms with Crippen LogP contribution in [0.4, 0.5) is 0 Å². The highest BCUT2D eigenvalue weighted by molar-refractivity contribution is 6.30. The Bertz CT molecular complexity index is 636. The Kier molecular flexibility index (Phi) is 2.77. The van der Waals surface area contributed by atoms with Crippen molar-refractivity contribution in [2.45, 2.75) is 13.0 Å². The third kappa shape index (κ3) is 2.10. The number of rotatable bonds is 3. The van der Waals surface area contributed by atoms with Crippen molar-refractivity contribution in [3.63, 3.8) is 0 Å². The molecule has 0 saturated heterocycles. The molecule has 0 atom stereocenters. The van der Waals surface area contributed by atoms with E-state index in [1.54, 1.807) is 4.52 Å². The lowest BCUT2D eigenvalue weighted by Crippen LogP contribution is -1.97. The highest BCUT2D eigenvalue weighted by Gasteiger charge is 2.06. The molecule has 5 nitrogen and oxygen atoms in total. The molecular weight excluding hydrogens is 250 g/mol. The summed E-state index contributed by atoms with van der Waals surface area (Å²) in [4.78, 5) is 8.69. The van der Waals surface area contributed by atoms with Crippen LogP contribution in [0.15, 0.2) is 30.5 Å². The first kappa shape index (κ1) is 11.3. The molecule has 0 spiro atoms. The summed E-state index contributed by atoms with van der Waals surface area (Å²) in [6, 6.07) is 7.72. The summed E-state index contributed by atoms with van der Waals surface area (Å²) in [6.07, 6.45) is 2.58. The topological polar surface area (TPSA) is 72.0 Å². The predicted molar refractivity (Wildman–Crippen MR) is 69.5 cm³/mol. The molecule has 3 rings (SSSR count). The molecule has 2 aromatic heterocycles. The molecule has 0 fully saturated rings. The average Bonchev–Trinajstić information content (AvgIpc) is 2.89. The van der Waals surface area contributed by atoms with Crippen LogP contribution in [-0.4, -0.2) is 19.6 Å². The van der Waals surface area contributed by atoms with Crippen molar-refractivity contribution >= 4 is 17.4 Å². The van der Waals surface area contributed by atoms with Crippen LogP contribution in [0.25, 0.3) is 5.78 Å². The van der Waals surface area contributed by atoms with Crippen LogP contribution in [-0.2, 0) is 13.0 Å². The Labute approximate surface area is 109 Å². The minimum atomic E-state index is 0.420. The van der Waals surface area contributed by atoms with Crippen LogP contribution in [0.3, 0.4) is 0 Å². The molecule has 3 aromatic rings. The third-order valence-corrected chi connectivity index (χ3v) is 2.97. The Morgan fingerprint density at radius 2 is 2.00 bits per heavy atom. The van der Waals surface area contributed by atoms with Crippen LogP contribution in [0, 0.1) is 0 Å². The molecule has 0 radical (unpaired) electrons. The number of nitrogens with two attached hydrogens (primary N) is 1. The van der Waals surface area contributed by atoms with Crippen molar-refractivity contribution in [1.29, 1.82) is 0 Å². The standard InChI is InChI=1S/C12H12ClN5/c13-9-3-1-8(2-4-9)5-11-16-12-15-10(6-14)7-18(12)17-11/h1-4,7H,5-6,14H2,(H,15,16,17). The summed E-state index contributed by atoms with van der Waals surface area (Å²) < 4.78 is 1.79. The molecule has 1 aromatic carbocycles. The van der Waals surface area contributed by atoms with Crippen LogP contribution in [0.5, 0.6) is 0 Å². The molecular formula is C12H12ClN5. The van der Waals surface area contributed by atoms with Gasteiger partial charge in [0, 0.05) is 18.0 Å². The number of benzene rings is 1. The normalized spacial score (nSPS) is 11.2. The highest BCUT2D eigenvalue weighted by Crippen LogP contribution is 2.12. The van der Waals surface area contributed by atoms with Gasteiger partial charge in [-0.3, -0.25) is 5.10 Å². The van der Waals surface area contributed by atoms with Gasteiger partial charge in [0.05, 0.1) is 11.9 Å². The van der Waals surface area contributed by atoms with Gasteiger partial charge in [0.1, 0.15) is 5.82 Å². The Hall–Kier alpha value is -1.85. The Balaban J connectivity index is 1.86. The smallest absolute Gasteiger partial charge is 0.250 e. The molecule has 3 N–H and O–H groups in total. The lowest BCUT2D eigenvalue weighted by Gasteiger charge is -1.97. The van der Waals surface area contributed by atoms with E-state index in [1.807, 2.05) is 30.5 Å². The van der Waals surface area contributed by atoms with E-state index in [-0.39, 0.29) is 0 Å². The van der Waals surface area contributed by atoms with Gasteiger partial charge in [-0.1, -0.05) is 23.7 Å². The van der Waals surface area contributed by atoms with Gasteiger partial charge in [0.15, 0.2) is 0 Å². The van der Waals surface area contributed by atoms with Crippen LogP contribution in [0.2, 0.25) is 5.02 Å². The lowest BCUT2D eigenvalue weighted by atomic mass is 10.1. The van der Waals surface area contributed by atoms with Crippen molar-refractivity contribution in [3.05, 3.63) is 52.6 Å². The number of aromatic nitrogens is 4. The van der Waals surface area contributed by atoms with E-state index in [2.05, 4.69) is 15.1 Å². The summed E-state index contributed by atoms with van der Waals surface area (Å²) in [5.41, 5.74) is 7.49. The van der Waals surface area contributed by atoms with Crippen LogP contribution in [0.1, 0.15) is 17.1 Å². The highest BCUT2D eigenvalue weighted by atomic mass is 35.5. The van der Waals surface area contributed by atoms with E-state index in [1.165, 1.54) is 0 Å². The number of hydrogen-bond donors (Lipinski definition) is 2. The maximum absolute atomic E-state index is 5.85. The van der Waals surface area contributed by atoms with Crippen molar-refractivity contribution in [2.24, 2.45) is 5.73 Å². The molecule has 6 heteroatoms. The minimum absolute atomic E-state index is 0.420. The van der Waals surface area contributed by atoms with Gasteiger partial charge in [-0.05, 0) is 17.7 Å². The Morgan fingerprint density at radius 1 is 1.22 bits per heavy atom. The number of fused-ring (bicyclic) bond motifs is 1. The monoisotopic (exact) mass is 261 g/mol. The fraction of sp³-hybridized carbons (Fsp3) is 0.167. The summed E-state index contributed by atoms with van der Waals surface area (Å²) in [5, 5.41) is 3.90. The molecule has 0 aliphatic carbocycles. The van der Waals surface area contributed by atoms with Crippen LogP contribution < -0.4 is 5.73 Å². The quantitative estimate of drug-likeness (QED) is 0.755. The van der Waals surface area contributed by atoms with E-state index < -0.39 is 0 Å². The van der Waals surface area contributed by atoms with Gasteiger partial charge < -0.3 is 5.73 Å². The van der Waals surface area contributed by atoms with Gasteiger partial charge >= 0.3 is 0 Å². The van der Waals surface area contributed by atoms with Crippen LogP contribution >= 0.6 is 11.6 Å². The van der Waals surface area contributed by atoms with Gasteiger partial charge in [-0.2, -0.15) is 4.98 Å². The van der Waals surface area contributed by atoms with Crippen molar-refractivity contribution in [2.75, 3.05) is 0 Å². The van der Waals surface area contributed by atoms with E-state index >= 15 is 0 Å². The van der Waals surface area contributed by atoms with Crippen molar-refractivity contribution in [1.82, 2.24) is 19.6 Å². The summed E-state index contributed by atoms with van der Waals surface area (Å²) in [6.45, 7) is 0.420. The second-order valence-electron chi connectivity index (χ2n) is 4.08. The van der Waals surface area contributed by atoms with E-state index in [4.69, 9.17) is 17.3 Å². The summed E-state index contributed by atoms with van der Waals surface area (Å²) in [5.74, 6) is 1.52. The zero-order chi connectivity index (χ0) is 12.5. The maximum atomic E-state index is 5.85. The minimum Gasteiger partial charge on any atom is -0.325 e. The summed E-state index contributed by atoms with van der Waals surface area (Å²) >= 11 is 5.85. The number of nitrogens with one attached hydrogen (secondary N) is 1. The fourth-order valence-electron chi connectivity index (χ4n) is 1.84. The fourth-order valence-corrected chi connectivity index (χ4v) is 1.96. The number of H-pyrrole nitrogens is 1. The molecule has 0 aliphatic heterocycles. The lowest BCUT2D eigenvalue weighted by molar-refractivity contribution is 0.896. The molecule has 0 saturated carbocycles. The first-order valence-electron chi connectivity index (χ1n) is 5.62. The largest absolute Gasteiger partial charge is 0.325 e. The number of halogens is 1. The van der Waals surface area contributed by atoms with Gasteiger partial charge in [-0.25, -0.2) is 9.50 Å². The number of hydrogen-bond acceptors (Lipinski definition) is 3. The zero-order valence-corrected chi connectivity index (χ0v) is 10.4. The SMILES string of the molecule is NCc1cn2[nH]c(Cc3ccc(Cl)cc3)nc2n1. The average molecular weight is 262 g/mol. The first-order chi connectivity index (χ1) is 8.74. The zero-order valence-electron chi connectivity index (χ0n) is 9.60. The number of imidazole rings is 1. The Morgan fingerprint density at radius 3 is 2.67 bits per heavy atom. The van der Waals surface area contributed by atoms with E-state index in [0.717, 1.165) is 28.5 Å². The maximum Gasteiger partial charge on any atom is 0.250 e. The molecule has 0 unspecified atom stereocenters. The number of aromatic amines is 1. The summed E-state index contributed by atoms with van der Waals surface area (Å²) in [7, 11) is 0. The molecule has 0 amide bonds. The molecule has 92 valence electrons. The second-order valence-corrected chi connectivity index (χ2v) is 4.52. The van der Waals surface area contributed by atoms with Crippen molar-refractivity contribution < 1.29 is 0 Å². The number of nitrogens with zero attached hydrogens (tertiary/aromatic N) is 3. The van der Waals surface area contributed by atoms with E-state index in [0.29, 0.717) is 12.3 Å². The molecule has 18 heavy (non-hydrogen) atoms.